The van der Waals surface area contributed by atoms with Crippen LogP contribution in [0.5, 0.6) is 0 Å². The van der Waals surface area contributed by atoms with Gasteiger partial charge in [-0.25, -0.2) is 0 Å². The quantitative estimate of drug-likeness (QED) is 0.767. The van der Waals surface area contributed by atoms with Gasteiger partial charge in [0.1, 0.15) is 0 Å². The van der Waals surface area contributed by atoms with E-state index < -0.39 is 0 Å². The summed E-state index contributed by atoms with van der Waals surface area (Å²) in [6.45, 7) is 6.24. The zero-order valence-electron chi connectivity index (χ0n) is 13.3. The van der Waals surface area contributed by atoms with Crippen LogP contribution in [0.15, 0.2) is 48.5 Å². The number of hydrogen-bond donors (Lipinski definition) is 1. The molecule has 0 unspecified atom stereocenters. The van der Waals surface area contributed by atoms with E-state index in [0.717, 1.165) is 26.3 Å². The third-order valence-electron chi connectivity index (χ3n) is 5.18. The first-order valence-corrected chi connectivity index (χ1v) is 8.24. The first-order chi connectivity index (χ1) is 11.2. The van der Waals surface area contributed by atoms with Crippen LogP contribution in [0.2, 0.25) is 0 Å². The van der Waals surface area contributed by atoms with Crippen molar-refractivity contribution in [2.75, 3.05) is 31.2 Å². The molecule has 5 rings (SSSR count). The van der Waals surface area contributed by atoms with E-state index in [9.17, 15) is 0 Å². The van der Waals surface area contributed by atoms with Crippen molar-refractivity contribution in [3.05, 3.63) is 54.1 Å². The van der Waals surface area contributed by atoms with Gasteiger partial charge in [-0.15, -0.1) is 0 Å². The Hall–Kier alpha value is -2.26. The summed E-state index contributed by atoms with van der Waals surface area (Å²) in [4.78, 5) is 6.07. The summed E-state index contributed by atoms with van der Waals surface area (Å²) in [6.07, 6.45) is 0. The molecule has 1 N–H and O–H groups in total. The van der Waals surface area contributed by atoms with Crippen molar-refractivity contribution < 1.29 is 6.16 Å². The van der Waals surface area contributed by atoms with Crippen LogP contribution >= 0.6 is 0 Å². The maximum atomic E-state index is 5.41. The van der Waals surface area contributed by atoms with Gasteiger partial charge in [0.15, 0.2) is 0 Å². The number of para-hydroxylation sites is 1. The second kappa shape index (κ2) is 4.62. The largest absolute Gasteiger partial charge is 0.380 e. The van der Waals surface area contributed by atoms with Gasteiger partial charge in [-0.05, 0) is 31.2 Å². The third kappa shape index (κ3) is 2.00. The van der Waals surface area contributed by atoms with Gasteiger partial charge < -0.3 is 14.6 Å². The molecule has 0 saturated carbocycles. The molecule has 0 bridgehead atoms. The van der Waals surface area contributed by atoms with E-state index in [2.05, 4.69) is 65.3 Å². The summed E-state index contributed by atoms with van der Waals surface area (Å²) in [5, 5.41) is 1.27. The molecule has 3 aromatic rings. The van der Waals surface area contributed by atoms with Crippen molar-refractivity contribution in [2.24, 2.45) is 5.41 Å². The van der Waals surface area contributed by atoms with Crippen molar-refractivity contribution in [2.45, 2.75) is 6.92 Å². The number of aromatic amines is 1. The number of nitrogens with one attached hydrogen (secondary N) is 1. The SMILES string of the molecule is Cc1ccc(N2CC3(COC3)C2)c(-c2cc3ccccc3[nH]2)c1.[HH]. The fourth-order valence-electron chi connectivity index (χ4n) is 3.87. The van der Waals surface area contributed by atoms with E-state index in [4.69, 9.17) is 4.74 Å². The van der Waals surface area contributed by atoms with Crippen LogP contribution in [0.4, 0.5) is 5.69 Å². The molecule has 2 saturated heterocycles. The molecular formula is C20H22N2O. The van der Waals surface area contributed by atoms with E-state index in [0.29, 0.717) is 5.41 Å². The average molecular weight is 306 g/mol. The number of fused-ring (bicyclic) bond motifs is 1. The first-order valence-electron chi connectivity index (χ1n) is 8.24. The van der Waals surface area contributed by atoms with Crippen LogP contribution in [-0.2, 0) is 4.74 Å². The third-order valence-corrected chi connectivity index (χ3v) is 5.18. The summed E-state index contributed by atoms with van der Waals surface area (Å²) in [6, 6.07) is 17.5. The molecule has 2 aromatic carbocycles. The molecule has 2 aliphatic rings. The maximum Gasteiger partial charge on any atom is 0.0579 e. The van der Waals surface area contributed by atoms with E-state index >= 15 is 0 Å². The van der Waals surface area contributed by atoms with Crippen molar-refractivity contribution in [3.63, 3.8) is 0 Å². The minimum atomic E-state index is 0. The lowest BCUT2D eigenvalue weighted by atomic mass is 9.77. The summed E-state index contributed by atoms with van der Waals surface area (Å²) in [5.74, 6) is 0. The molecule has 0 atom stereocenters. The van der Waals surface area contributed by atoms with Crippen molar-refractivity contribution in [1.29, 1.82) is 0 Å². The Morgan fingerprint density at radius 1 is 1.09 bits per heavy atom. The fraction of sp³-hybridized carbons (Fsp3) is 0.300. The number of nitrogens with zero attached hydrogens (tertiary/aromatic N) is 1. The Balaban J connectivity index is 0.00000146. The highest BCUT2D eigenvalue weighted by atomic mass is 16.5. The lowest BCUT2D eigenvalue weighted by molar-refractivity contribution is -0.127. The molecule has 2 aliphatic heterocycles. The molecule has 3 nitrogen and oxygen atoms in total. The number of benzene rings is 2. The van der Waals surface area contributed by atoms with Crippen LogP contribution < -0.4 is 4.90 Å². The van der Waals surface area contributed by atoms with E-state index in [1.807, 2.05) is 0 Å². The molecule has 23 heavy (non-hydrogen) atoms. The minimum absolute atomic E-state index is 0. The van der Waals surface area contributed by atoms with Gasteiger partial charge in [0.25, 0.3) is 0 Å². The van der Waals surface area contributed by atoms with Crippen LogP contribution in [0.3, 0.4) is 0 Å². The number of hydrogen-bond acceptors (Lipinski definition) is 2. The zero-order chi connectivity index (χ0) is 15.4. The Labute approximate surface area is 137 Å². The molecule has 0 aliphatic carbocycles. The summed E-state index contributed by atoms with van der Waals surface area (Å²) < 4.78 is 5.41. The van der Waals surface area contributed by atoms with Gasteiger partial charge in [0.05, 0.1) is 18.6 Å². The molecule has 2 fully saturated rings. The number of rotatable bonds is 2. The highest BCUT2D eigenvalue weighted by molar-refractivity contribution is 5.89. The Morgan fingerprint density at radius 3 is 2.65 bits per heavy atom. The lowest BCUT2D eigenvalue weighted by Crippen LogP contribution is -2.66. The Morgan fingerprint density at radius 2 is 1.91 bits per heavy atom. The fourth-order valence-corrected chi connectivity index (χ4v) is 3.87. The standard InChI is InChI=1S/C20H20N2O.H2/c1-14-6-7-19(22-10-20(11-22)12-23-13-20)16(8-14)18-9-15-4-2-3-5-17(15)21-18;/h2-9,21H,10-13H2,1H3;1H. The summed E-state index contributed by atoms with van der Waals surface area (Å²) in [7, 11) is 0. The van der Waals surface area contributed by atoms with Gasteiger partial charge in [-0.3, -0.25) is 0 Å². The molecular weight excluding hydrogens is 284 g/mol. The van der Waals surface area contributed by atoms with Crippen molar-refractivity contribution >= 4 is 16.6 Å². The monoisotopic (exact) mass is 306 g/mol. The molecule has 1 spiro atoms. The first kappa shape index (κ1) is 13.2. The molecule has 3 heterocycles. The zero-order valence-corrected chi connectivity index (χ0v) is 13.3. The topological polar surface area (TPSA) is 28.3 Å². The average Bonchev–Trinajstić information content (AvgIpc) is 2.89. The molecule has 118 valence electrons. The second-order valence-corrected chi connectivity index (χ2v) is 7.14. The number of aryl methyl sites for hydroxylation is 1. The van der Waals surface area contributed by atoms with E-state index in [-0.39, 0.29) is 1.43 Å². The van der Waals surface area contributed by atoms with Gasteiger partial charge >= 0.3 is 0 Å². The number of anilines is 1. The van der Waals surface area contributed by atoms with Crippen molar-refractivity contribution in [1.82, 2.24) is 4.98 Å². The molecule has 1 aromatic heterocycles. The van der Waals surface area contributed by atoms with E-state index in [1.54, 1.807) is 0 Å². The Bertz CT molecular complexity index is 857. The summed E-state index contributed by atoms with van der Waals surface area (Å²) >= 11 is 0. The number of H-pyrrole nitrogens is 1. The molecule has 3 heteroatoms. The van der Waals surface area contributed by atoms with Gasteiger partial charge in [-0.2, -0.15) is 0 Å². The van der Waals surface area contributed by atoms with Crippen LogP contribution in [0.1, 0.15) is 6.99 Å². The number of aromatic nitrogens is 1. The Kier molecular flexibility index (Phi) is 2.65. The predicted molar refractivity (Wildman–Crippen MR) is 96.1 cm³/mol. The van der Waals surface area contributed by atoms with Gasteiger partial charge in [-0.1, -0.05) is 29.8 Å². The highest BCUT2D eigenvalue weighted by Gasteiger charge is 2.49. The van der Waals surface area contributed by atoms with E-state index in [1.165, 1.54) is 33.4 Å². The highest BCUT2D eigenvalue weighted by Crippen LogP contribution is 2.43. The van der Waals surface area contributed by atoms with Gasteiger partial charge in [0.2, 0.25) is 0 Å². The van der Waals surface area contributed by atoms with Crippen LogP contribution in [0.25, 0.3) is 22.2 Å². The van der Waals surface area contributed by atoms with Crippen molar-refractivity contribution in [3.8, 4) is 11.3 Å². The van der Waals surface area contributed by atoms with Crippen LogP contribution in [-0.4, -0.2) is 31.3 Å². The summed E-state index contributed by atoms with van der Waals surface area (Å²) in [5.41, 5.74) is 6.77. The maximum absolute atomic E-state index is 5.41. The van der Waals surface area contributed by atoms with Crippen LogP contribution in [0, 0.1) is 12.3 Å². The number of ether oxygens (including phenoxy) is 1. The second-order valence-electron chi connectivity index (χ2n) is 7.14. The molecule has 0 radical (unpaired) electrons. The lowest BCUT2D eigenvalue weighted by Gasteiger charge is -2.56. The smallest absolute Gasteiger partial charge is 0.0579 e. The molecule has 0 amide bonds. The van der Waals surface area contributed by atoms with Gasteiger partial charge in [0, 0.05) is 42.4 Å². The normalized spacial score (nSPS) is 18.9. The predicted octanol–water partition coefficient (Wildman–Crippen LogP) is 4.23. The minimum Gasteiger partial charge on any atom is -0.380 e.